The minimum absolute atomic E-state index is 0.0883. The monoisotopic (exact) mass is 308 g/mol. The van der Waals surface area contributed by atoms with Gasteiger partial charge in [-0.3, -0.25) is 4.79 Å². The van der Waals surface area contributed by atoms with Gasteiger partial charge in [-0.05, 0) is 47.9 Å². The van der Waals surface area contributed by atoms with E-state index in [-0.39, 0.29) is 17.9 Å². The Hall–Kier alpha value is -1.87. The smallest absolute Gasteiger partial charge is 0.229 e. The van der Waals surface area contributed by atoms with Gasteiger partial charge in [0.2, 0.25) is 5.91 Å². The lowest BCUT2D eigenvalue weighted by atomic mass is 9.96. The van der Waals surface area contributed by atoms with Crippen molar-refractivity contribution < 1.29 is 4.79 Å². The molecular formula is C20H24N2O. The Morgan fingerprint density at radius 2 is 1.91 bits per heavy atom. The number of fused-ring (bicyclic) bond motifs is 2. The van der Waals surface area contributed by atoms with Gasteiger partial charge in [0.15, 0.2) is 0 Å². The van der Waals surface area contributed by atoms with Gasteiger partial charge in [0.25, 0.3) is 0 Å². The number of carbonyl (C=O) groups is 1. The molecule has 2 aliphatic rings. The van der Waals surface area contributed by atoms with Crippen LogP contribution in [0.5, 0.6) is 0 Å². The molecule has 120 valence electrons. The molecule has 0 aromatic heterocycles. The van der Waals surface area contributed by atoms with Gasteiger partial charge in [-0.1, -0.05) is 42.5 Å². The maximum absolute atomic E-state index is 12.9. The van der Waals surface area contributed by atoms with Crippen LogP contribution in [0.3, 0.4) is 0 Å². The first kappa shape index (κ1) is 14.7. The van der Waals surface area contributed by atoms with Crippen molar-refractivity contribution in [2.45, 2.75) is 31.7 Å². The number of carbonyl (C=O) groups excluding carboxylic acids is 1. The first-order valence-electron chi connectivity index (χ1n) is 8.66. The van der Waals surface area contributed by atoms with Gasteiger partial charge >= 0.3 is 0 Å². The lowest BCUT2D eigenvalue weighted by molar-refractivity contribution is -0.131. The van der Waals surface area contributed by atoms with E-state index in [0.717, 1.165) is 25.1 Å². The van der Waals surface area contributed by atoms with Crippen LogP contribution in [-0.2, 0) is 4.79 Å². The number of rotatable bonds is 2. The highest BCUT2D eigenvalue weighted by Gasteiger charge is 2.43. The molecular weight excluding hydrogens is 284 g/mol. The Labute approximate surface area is 137 Å². The van der Waals surface area contributed by atoms with E-state index in [9.17, 15) is 4.79 Å². The lowest BCUT2D eigenvalue weighted by Gasteiger charge is -2.23. The van der Waals surface area contributed by atoms with E-state index in [2.05, 4.69) is 30.3 Å². The van der Waals surface area contributed by atoms with Crippen molar-refractivity contribution in [3.8, 4) is 0 Å². The molecule has 2 N–H and O–H groups in total. The summed E-state index contributed by atoms with van der Waals surface area (Å²) >= 11 is 0. The highest BCUT2D eigenvalue weighted by Crippen LogP contribution is 2.38. The fourth-order valence-electron chi connectivity index (χ4n) is 4.38. The van der Waals surface area contributed by atoms with Crippen LogP contribution in [0.4, 0.5) is 0 Å². The normalized spacial score (nSPS) is 28.1. The molecule has 0 bridgehead atoms. The summed E-state index contributed by atoms with van der Waals surface area (Å²) in [5.41, 5.74) is 7.30. The maximum Gasteiger partial charge on any atom is 0.229 e. The van der Waals surface area contributed by atoms with Crippen LogP contribution in [0.25, 0.3) is 10.8 Å². The van der Waals surface area contributed by atoms with Crippen molar-refractivity contribution in [3.63, 3.8) is 0 Å². The van der Waals surface area contributed by atoms with Crippen LogP contribution < -0.4 is 5.73 Å². The summed E-state index contributed by atoms with van der Waals surface area (Å²) in [6.45, 7) is 3.78. The molecule has 2 aromatic carbocycles. The van der Waals surface area contributed by atoms with Crippen LogP contribution >= 0.6 is 0 Å². The molecule has 4 rings (SSSR count). The number of nitrogens with zero attached hydrogens (tertiary/aromatic N) is 1. The molecule has 1 saturated heterocycles. The van der Waals surface area contributed by atoms with E-state index >= 15 is 0 Å². The van der Waals surface area contributed by atoms with Gasteiger partial charge in [0.05, 0.1) is 5.92 Å². The standard InChI is InChI=1S/C20H24N2O/c1-13(15-7-6-14-4-2-3-5-16(14)10-15)20(23)22-11-17-8-9-19(21)18(17)12-22/h2-7,10,13,17-19H,8-9,11-12,21H2,1H3. The third-order valence-electron chi connectivity index (χ3n) is 5.87. The summed E-state index contributed by atoms with van der Waals surface area (Å²) in [7, 11) is 0. The van der Waals surface area contributed by atoms with E-state index in [1.165, 1.54) is 17.2 Å². The zero-order valence-corrected chi connectivity index (χ0v) is 13.6. The van der Waals surface area contributed by atoms with E-state index in [1.807, 2.05) is 24.0 Å². The summed E-state index contributed by atoms with van der Waals surface area (Å²) in [6.07, 6.45) is 2.30. The van der Waals surface area contributed by atoms with Gasteiger partial charge in [0, 0.05) is 19.1 Å². The number of hydrogen-bond donors (Lipinski definition) is 1. The Bertz CT molecular complexity index is 741. The molecule has 0 radical (unpaired) electrons. The summed E-state index contributed by atoms with van der Waals surface area (Å²) in [5, 5.41) is 2.42. The summed E-state index contributed by atoms with van der Waals surface area (Å²) in [4.78, 5) is 15.0. The molecule has 1 heterocycles. The molecule has 2 aromatic rings. The Morgan fingerprint density at radius 1 is 1.13 bits per heavy atom. The molecule has 0 spiro atoms. The third-order valence-corrected chi connectivity index (χ3v) is 5.87. The quantitative estimate of drug-likeness (QED) is 0.926. The average molecular weight is 308 g/mol. The van der Waals surface area contributed by atoms with Gasteiger partial charge in [-0.15, -0.1) is 0 Å². The molecule has 1 saturated carbocycles. The lowest BCUT2D eigenvalue weighted by Crippen LogP contribution is -2.35. The fourth-order valence-corrected chi connectivity index (χ4v) is 4.38. The van der Waals surface area contributed by atoms with Crippen LogP contribution in [0.2, 0.25) is 0 Å². The van der Waals surface area contributed by atoms with Crippen molar-refractivity contribution in [2.75, 3.05) is 13.1 Å². The van der Waals surface area contributed by atoms with Crippen molar-refractivity contribution in [1.82, 2.24) is 4.90 Å². The maximum atomic E-state index is 12.9. The molecule has 1 aliphatic carbocycles. The Morgan fingerprint density at radius 3 is 2.70 bits per heavy atom. The predicted molar refractivity (Wildman–Crippen MR) is 93.1 cm³/mol. The molecule has 23 heavy (non-hydrogen) atoms. The highest BCUT2D eigenvalue weighted by atomic mass is 16.2. The molecule has 1 amide bonds. The number of likely N-dealkylation sites (tertiary alicyclic amines) is 1. The number of nitrogens with two attached hydrogens (primary N) is 1. The van der Waals surface area contributed by atoms with Crippen LogP contribution in [0, 0.1) is 11.8 Å². The number of hydrogen-bond acceptors (Lipinski definition) is 2. The van der Waals surface area contributed by atoms with Gasteiger partial charge in [-0.2, -0.15) is 0 Å². The fraction of sp³-hybridized carbons (Fsp3) is 0.450. The molecule has 1 aliphatic heterocycles. The third kappa shape index (κ3) is 2.53. The first-order chi connectivity index (χ1) is 11.1. The molecule has 4 atom stereocenters. The second-order valence-electron chi connectivity index (χ2n) is 7.24. The van der Waals surface area contributed by atoms with E-state index in [1.54, 1.807) is 0 Å². The van der Waals surface area contributed by atoms with Gasteiger partial charge in [0.1, 0.15) is 0 Å². The Balaban J connectivity index is 1.53. The van der Waals surface area contributed by atoms with Crippen molar-refractivity contribution in [2.24, 2.45) is 17.6 Å². The topological polar surface area (TPSA) is 46.3 Å². The Kier molecular flexibility index (Phi) is 3.61. The number of benzene rings is 2. The second kappa shape index (κ2) is 5.64. The SMILES string of the molecule is CC(C(=O)N1CC2CCC(N)C2C1)c1ccc2ccccc2c1. The highest BCUT2D eigenvalue weighted by molar-refractivity contribution is 5.87. The largest absolute Gasteiger partial charge is 0.342 e. The second-order valence-corrected chi connectivity index (χ2v) is 7.24. The zero-order chi connectivity index (χ0) is 16.0. The molecule has 4 unspecified atom stereocenters. The molecule has 2 fully saturated rings. The zero-order valence-electron chi connectivity index (χ0n) is 13.6. The van der Waals surface area contributed by atoms with E-state index in [4.69, 9.17) is 5.73 Å². The first-order valence-corrected chi connectivity index (χ1v) is 8.66. The average Bonchev–Trinajstić information content (AvgIpc) is 3.15. The summed E-state index contributed by atoms with van der Waals surface area (Å²) in [5.74, 6) is 1.30. The van der Waals surface area contributed by atoms with E-state index < -0.39 is 0 Å². The van der Waals surface area contributed by atoms with Crippen molar-refractivity contribution in [1.29, 1.82) is 0 Å². The molecule has 3 heteroatoms. The molecule has 3 nitrogen and oxygen atoms in total. The van der Waals surface area contributed by atoms with Crippen molar-refractivity contribution in [3.05, 3.63) is 48.0 Å². The predicted octanol–water partition coefficient (Wildman–Crippen LogP) is 3.14. The van der Waals surface area contributed by atoms with Crippen LogP contribution in [0.15, 0.2) is 42.5 Å². The summed E-state index contributed by atoms with van der Waals surface area (Å²) < 4.78 is 0. The summed E-state index contributed by atoms with van der Waals surface area (Å²) in [6, 6.07) is 14.9. The van der Waals surface area contributed by atoms with Crippen LogP contribution in [0.1, 0.15) is 31.2 Å². The van der Waals surface area contributed by atoms with E-state index in [0.29, 0.717) is 11.8 Å². The van der Waals surface area contributed by atoms with Gasteiger partial charge < -0.3 is 10.6 Å². The minimum Gasteiger partial charge on any atom is -0.342 e. The number of amides is 1. The minimum atomic E-state index is -0.0883. The van der Waals surface area contributed by atoms with Crippen LogP contribution in [-0.4, -0.2) is 29.9 Å². The van der Waals surface area contributed by atoms with Gasteiger partial charge in [-0.25, -0.2) is 0 Å². The van der Waals surface area contributed by atoms with Crippen molar-refractivity contribution >= 4 is 16.7 Å².